The number of benzene rings is 2. The topological polar surface area (TPSA) is 49.3 Å². The van der Waals surface area contributed by atoms with Crippen LogP contribution in [0.25, 0.3) is 0 Å². The van der Waals surface area contributed by atoms with E-state index in [1.165, 1.54) is 5.56 Å². The Hall–Kier alpha value is -1.56. The molecule has 1 amide bonds. The van der Waals surface area contributed by atoms with Crippen LogP contribution in [0, 0.1) is 3.57 Å². The van der Waals surface area contributed by atoms with Crippen LogP contribution in [-0.2, 0) is 6.42 Å². The molecule has 0 unspecified atom stereocenters. The minimum absolute atomic E-state index is 0.0194. The van der Waals surface area contributed by atoms with Crippen LogP contribution in [0.3, 0.4) is 0 Å². The molecule has 0 saturated heterocycles. The second-order valence-electron chi connectivity index (χ2n) is 4.51. The van der Waals surface area contributed by atoms with Gasteiger partial charge >= 0.3 is 0 Å². The second kappa shape index (κ2) is 7.28. The summed E-state index contributed by atoms with van der Waals surface area (Å²) in [5, 5.41) is 12.5. The molecule has 3 nitrogen and oxygen atoms in total. The smallest absolute Gasteiger partial charge is 0.255 e. The number of hydrogen-bond acceptors (Lipinski definition) is 2. The quantitative estimate of drug-likeness (QED) is 0.617. The average Bonchev–Trinajstić information content (AvgIpc) is 2.47. The van der Waals surface area contributed by atoms with Crippen LogP contribution in [-0.4, -0.2) is 17.6 Å². The van der Waals surface area contributed by atoms with E-state index in [-0.39, 0.29) is 11.7 Å². The lowest BCUT2D eigenvalue weighted by molar-refractivity contribution is 0.0950. The lowest BCUT2D eigenvalue weighted by Gasteiger charge is -2.07. The van der Waals surface area contributed by atoms with E-state index >= 15 is 0 Å². The first-order valence-corrected chi connectivity index (χ1v) is 7.55. The van der Waals surface area contributed by atoms with E-state index in [2.05, 4.69) is 40.0 Å². The normalized spacial score (nSPS) is 10.2. The van der Waals surface area contributed by atoms with Crippen LogP contribution >= 0.6 is 22.6 Å². The summed E-state index contributed by atoms with van der Waals surface area (Å²) in [5.41, 5.74) is 1.59. The maximum atomic E-state index is 12.0. The van der Waals surface area contributed by atoms with Gasteiger partial charge in [0.05, 0.1) is 5.56 Å². The highest BCUT2D eigenvalue weighted by atomic mass is 127. The summed E-state index contributed by atoms with van der Waals surface area (Å²) >= 11 is 2.12. The van der Waals surface area contributed by atoms with Gasteiger partial charge in [0.1, 0.15) is 5.75 Å². The van der Waals surface area contributed by atoms with Crippen LogP contribution in [0.15, 0.2) is 48.5 Å². The van der Waals surface area contributed by atoms with Gasteiger partial charge in [0.25, 0.3) is 5.91 Å². The Morgan fingerprint density at radius 2 is 1.90 bits per heavy atom. The van der Waals surface area contributed by atoms with Crippen molar-refractivity contribution in [2.45, 2.75) is 12.8 Å². The van der Waals surface area contributed by atoms with Crippen molar-refractivity contribution in [3.05, 3.63) is 63.2 Å². The van der Waals surface area contributed by atoms with Crippen molar-refractivity contribution >= 4 is 28.5 Å². The first-order valence-electron chi connectivity index (χ1n) is 6.47. The fourth-order valence-electron chi connectivity index (χ4n) is 1.92. The zero-order chi connectivity index (χ0) is 14.4. The summed E-state index contributed by atoms with van der Waals surface area (Å²) in [6.07, 6.45) is 1.81. The molecule has 20 heavy (non-hydrogen) atoms. The van der Waals surface area contributed by atoms with E-state index in [1.807, 2.05) is 18.2 Å². The fraction of sp³-hybridized carbons (Fsp3) is 0.188. The lowest BCUT2D eigenvalue weighted by Crippen LogP contribution is -2.24. The molecule has 2 N–H and O–H groups in total. The minimum atomic E-state index is -0.228. The third-order valence-electron chi connectivity index (χ3n) is 2.97. The number of aromatic hydroxyl groups is 1. The molecule has 104 valence electrons. The number of carbonyl (C=O) groups excluding carboxylic acids is 1. The van der Waals surface area contributed by atoms with Crippen molar-refractivity contribution in [3.63, 3.8) is 0 Å². The minimum Gasteiger partial charge on any atom is -0.507 e. The number of phenols is 1. The SMILES string of the molecule is O=C(NCCCc1ccccc1)c1cc(I)ccc1O. The molecule has 0 spiro atoms. The maximum Gasteiger partial charge on any atom is 0.255 e. The summed E-state index contributed by atoms with van der Waals surface area (Å²) in [4.78, 5) is 12.0. The molecule has 2 rings (SSSR count). The average molecular weight is 381 g/mol. The van der Waals surface area contributed by atoms with Gasteiger partial charge in [0.2, 0.25) is 0 Å². The number of carbonyl (C=O) groups is 1. The molecule has 0 aliphatic heterocycles. The zero-order valence-electron chi connectivity index (χ0n) is 11.0. The van der Waals surface area contributed by atoms with Crippen LogP contribution in [0.2, 0.25) is 0 Å². The Labute approximate surface area is 132 Å². The number of phenolic OH excluding ortho intramolecular Hbond substituents is 1. The number of nitrogens with one attached hydrogen (secondary N) is 1. The van der Waals surface area contributed by atoms with Crippen molar-refractivity contribution in [2.24, 2.45) is 0 Å². The Morgan fingerprint density at radius 3 is 2.65 bits per heavy atom. The summed E-state index contributed by atoms with van der Waals surface area (Å²) in [6.45, 7) is 0.596. The Bertz CT molecular complexity index is 584. The van der Waals surface area contributed by atoms with Gasteiger partial charge in [-0.05, 0) is 59.2 Å². The van der Waals surface area contributed by atoms with E-state index in [1.54, 1.807) is 18.2 Å². The van der Waals surface area contributed by atoms with Crippen molar-refractivity contribution in [1.82, 2.24) is 5.32 Å². The molecule has 2 aromatic carbocycles. The van der Waals surface area contributed by atoms with Gasteiger partial charge in [0, 0.05) is 10.1 Å². The molecule has 0 aliphatic carbocycles. The molecule has 0 fully saturated rings. The van der Waals surface area contributed by atoms with Crippen LogP contribution in [0.5, 0.6) is 5.75 Å². The Balaban J connectivity index is 1.82. The van der Waals surface area contributed by atoms with E-state index in [9.17, 15) is 9.90 Å². The highest BCUT2D eigenvalue weighted by Gasteiger charge is 2.10. The van der Waals surface area contributed by atoms with Gasteiger partial charge in [-0.2, -0.15) is 0 Å². The molecule has 2 aromatic rings. The second-order valence-corrected chi connectivity index (χ2v) is 5.75. The molecule has 0 radical (unpaired) electrons. The molecule has 0 saturated carbocycles. The third-order valence-corrected chi connectivity index (χ3v) is 3.64. The van der Waals surface area contributed by atoms with Crippen LogP contribution in [0.1, 0.15) is 22.3 Å². The number of halogens is 1. The number of hydrogen-bond donors (Lipinski definition) is 2. The Morgan fingerprint density at radius 1 is 1.15 bits per heavy atom. The summed E-state index contributed by atoms with van der Waals surface area (Å²) in [7, 11) is 0. The van der Waals surface area contributed by atoms with Crippen LogP contribution < -0.4 is 5.32 Å². The molecular formula is C16H16INO2. The molecule has 0 aromatic heterocycles. The van der Waals surface area contributed by atoms with Crippen molar-refractivity contribution in [2.75, 3.05) is 6.54 Å². The van der Waals surface area contributed by atoms with Crippen molar-refractivity contribution in [3.8, 4) is 5.75 Å². The third kappa shape index (κ3) is 4.23. The lowest BCUT2D eigenvalue weighted by atomic mass is 10.1. The largest absolute Gasteiger partial charge is 0.507 e. The van der Waals surface area contributed by atoms with Gasteiger partial charge in [-0.1, -0.05) is 30.3 Å². The standard InChI is InChI=1S/C16H16INO2/c17-13-8-9-15(19)14(11-13)16(20)18-10-4-7-12-5-2-1-3-6-12/h1-3,5-6,8-9,11,19H,4,7,10H2,(H,18,20). The first kappa shape index (κ1) is 14.8. The van der Waals surface area contributed by atoms with Gasteiger partial charge < -0.3 is 10.4 Å². The van der Waals surface area contributed by atoms with E-state index in [0.29, 0.717) is 12.1 Å². The van der Waals surface area contributed by atoms with Gasteiger partial charge in [-0.3, -0.25) is 4.79 Å². The Kier molecular flexibility index (Phi) is 5.40. The number of aryl methyl sites for hydroxylation is 1. The predicted octanol–water partition coefficient (Wildman–Crippen LogP) is 3.36. The van der Waals surface area contributed by atoms with Crippen molar-refractivity contribution < 1.29 is 9.90 Å². The first-order chi connectivity index (χ1) is 9.66. The predicted molar refractivity (Wildman–Crippen MR) is 87.9 cm³/mol. The molecule has 0 atom stereocenters. The van der Waals surface area contributed by atoms with E-state index < -0.39 is 0 Å². The number of amides is 1. The molecule has 4 heteroatoms. The number of rotatable bonds is 5. The van der Waals surface area contributed by atoms with Gasteiger partial charge in [0.15, 0.2) is 0 Å². The zero-order valence-corrected chi connectivity index (χ0v) is 13.1. The van der Waals surface area contributed by atoms with E-state index in [0.717, 1.165) is 16.4 Å². The highest BCUT2D eigenvalue weighted by molar-refractivity contribution is 14.1. The summed E-state index contributed by atoms with van der Waals surface area (Å²) in [5.74, 6) is -0.208. The molecule has 0 bridgehead atoms. The van der Waals surface area contributed by atoms with E-state index in [4.69, 9.17) is 0 Å². The molecular weight excluding hydrogens is 365 g/mol. The van der Waals surface area contributed by atoms with Gasteiger partial charge in [-0.25, -0.2) is 0 Å². The highest BCUT2D eigenvalue weighted by Crippen LogP contribution is 2.19. The summed E-state index contributed by atoms with van der Waals surface area (Å²) in [6, 6.07) is 15.2. The monoisotopic (exact) mass is 381 g/mol. The van der Waals surface area contributed by atoms with Gasteiger partial charge in [-0.15, -0.1) is 0 Å². The molecule has 0 heterocycles. The summed E-state index contributed by atoms with van der Waals surface area (Å²) < 4.78 is 0.926. The van der Waals surface area contributed by atoms with Crippen LogP contribution in [0.4, 0.5) is 0 Å². The maximum absolute atomic E-state index is 12.0. The fourth-order valence-corrected chi connectivity index (χ4v) is 2.42. The van der Waals surface area contributed by atoms with Crippen molar-refractivity contribution in [1.29, 1.82) is 0 Å². The molecule has 0 aliphatic rings.